The SMILES string of the molecule is [C-]#[N+]C/C=C(\C#N)c1ccn([Si](C(C)C)(C(C)C)C(C)C)c1. The molecule has 1 aromatic heterocycles. The third-order valence-corrected chi connectivity index (χ3v) is 11.5. The molecule has 0 fully saturated rings. The van der Waals surface area contributed by atoms with Crippen molar-refractivity contribution >= 4 is 13.8 Å². The predicted molar refractivity (Wildman–Crippen MR) is 95.9 cm³/mol. The fraction of sp³-hybridized carbons (Fsp3) is 0.556. The van der Waals surface area contributed by atoms with Gasteiger partial charge in [-0.3, -0.25) is 0 Å². The standard InChI is InChI=1S/C18H27N3Si/c1-14(2)22(15(3)4,16(5)6)21-11-9-18(13-21)17(12-19)8-10-20-7/h8-9,11,13-16H,10H2,1-6H3/b17-8+. The molecule has 0 aliphatic carbocycles. The summed E-state index contributed by atoms with van der Waals surface area (Å²) in [7, 11) is -1.75. The van der Waals surface area contributed by atoms with Gasteiger partial charge in [0.15, 0.2) is 8.24 Å². The quantitative estimate of drug-likeness (QED) is 0.396. The first-order chi connectivity index (χ1) is 10.3. The highest BCUT2D eigenvalue weighted by molar-refractivity contribution is 6.82. The number of rotatable bonds is 6. The molecule has 0 aromatic carbocycles. The van der Waals surface area contributed by atoms with E-state index in [-0.39, 0.29) is 6.54 Å². The molecular formula is C18H27N3Si. The van der Waals surface area contributed by atoms with Crippen LogP contribution in [-0.2, 0) is 0 Å². The summed E-state index contributed by atoms with van der Waals surface area (Å²) in [6.45, 7) is 21.1. The number of allylic oxidation sites excluding steroid dienone is 1. The van der Waals surface area contributed by atoms with Crippen molar-refractivity contribution in [3.8, 4) is 6.07 Å². The topological polar surface area (TPSA) is 33.1 Å². The summed E-state index contributed by atoms with van der Waals surface area (Å²) in [6, 6.07) is 4.25. The van der Waals surface area contributed by atoms with E-state index in [1.54, 1.807) is 6.08 Å². The van der Waals surface area contributed by atoms with Gasteiger partial charge in [-0.25, -0.2) is 6.57 Å². The first kappa shape index (κ1) is 18.3. The van der Waals surface area contributed by atoms with E-state index in [0.29, 0.717) is 22.2 Å². The number of nitriles is 1. The molecule has 1 aromatic rings. The summed E-state index contributed by atoms with van der Waals surface area (Å²) in [5, 5.41) is 9.33. The monoisotopic (exact) mass is 313 g/mol. The Morgan fingerprint density at radius 3 is 2.23 bits per heavy atom. The molecule has 0 amide bonds. The molecule has 0 unspecified atom stereocenters. The van der Waals surface area contributed by atoms with E-state index in [4.69, 9.17) is 6.57 Å². The van der Waals surface area contributed by atoms with Gasteiger partial charge < -0.3 is 9.08 Å². The van der Waals surface area contributed by atoms with Gasteiger partial charge in [-0.05, 0) is 28.9 Å². The lowest BCUT2D eigenvalue weighted by atomic mass is 10.1. The number of hydrogen-bond donors (Lipinski definition) is 0. The minimum atomic E-state index is -1.75. The lowest BCUT2D eigenvalue weighted by Gasteiger charge is -2.44. The van der Waals surface area contributed by atoms with E-state index in [0.717, 1.165) is 5.56 Å². The zero-order chi connectivity index (χ0) is 16.9. The molecule has 118 valence electrons. The lowest BCUT2D eigenvalue weighted by Crippen LogP contribution is -2.51. The summed E-state index contributed by atoms with van der Waals surface area (Å²) in [6.07, 6.45) is 5.99. The van der Waals surface area contributed by atoms with Crippen LogP contribution in [-0.4, -0.2) is 19.0 Å². The third kappa shape index (κ3) is 3.18. The van der Waals surface area contributed by atoms with Gasteiger partial charge in [0.25, 0.3) is 0 Å². The first-order valence-corrected chi connectivity index (χ1v) is 10.1. The van der Waals surface area contributed by atoms with Crippen LogP contribution in [0.4, 0.5) is 0 Å². The van der Waals surface area contributed by atoms with Crippen LogP contribution in [0.1, 0.15) is 47.1 Å². The van der Waals surface area contributed by atoms with Crippen LogP contribution in [0, 0.1) is 17.9 Å². The Bertz CT molecular complexity index is 587. The van der Waals surface area contributed by atoms with Gasteiger partial charge in [0.05, 0.1) is 11.6 Å². The van der Waals surface area contributed by atoms with E-state index in [9.17, 15) is 5.26 Å². The Morgan fingerprint density at radius 1 is 1.27 bits per heavy atom. The van der Waals surface area contributed by atoms with E-state index >= 15 is 0 Å². The highest BCUT2D eigenvalue weighted by Crippen LogP contribution is 2.42. The smallest absolute Gasteiger partial charge is 0.234 e. The molecule has 0 spiro atoms. The van der Waals surface area contributed by atoms with Gasteiger partial charge in [-0.1, -0.05) is 41.5 Å². The van der Waals surface area contributed by atoms with Crippen LogP contribution in [0.3, 0.4) is 0 Å². The summed E-state index contributed by atoms with van der Waals surface area (Å²) in [5.41, 5.74) is 3.39. The van der Waals surface area contributed by atoms with Gasteiger partial charge in [-0.2, -0.15) is 5.26 Å². The first-order valence-electron chi connectivity index (χ1n) is 7.94. The average molecular weight is 314 g/mol. The molecule has 0 saturated heterocycles. The Balaban J connectivity index is 3.39. The maximum absolute atomic E-state index is 9.33. The Hall–Kier alpha value is -1.78. The summed E-state index contributed by atoms with van der Waals surface area (Å²) in [4.78, 5) is 3.31. The van der Waals surface area contributed by atoms with Gasteiger partial charge in [0, 0.05) is 17.8 Å². The molecule has 0 atom stereocenters. The highest BCUT2D eigenvalue weighted by Gasteiger charge is 2.44. The minimum absolute atomic E-state index is 0.259. The zero-order valence-electron chi connectivity index (χ0n) is 14.6. The molecule has 0 aliphatic heterocycles. The van der Waals surface area contributed by atoms with Crippen molar-refractivity contribution in [1.82, 2.24) is 4.23 Å². The largest absolute Gasteiger partial charge is 0.379 e. The number of nitrogens with zero attached hydrogens (tertiary/aromatic N) is 3. The van der Waals surface area contributed by atoms with Crippen LogP contribution in [0.5, 0.6) is 0 Å². The second-order valence-electron chi connectivity index (χ2n) is 6.73. The van der Waals surface area contributed by atoms with E-state index in [1.807, 2.05) is 6.07 Å². The van der Waals surface area contributed by atoms with Gasteiger partial charge in [0.1, 0.15) is 0 Å². The van der Waals surface area contributed by atoms with Crippen LogP contribution in [0.2, 0.25) is 16.6 Å². The molecular weight excluding hydrogens is 286 g/mol. The summed E-state index contributed by atoms with van der Waals surface area (Å²) >= 11 is 0. The zero-order valence-corrected chi connectivity index (χ0v) is 15.6. The second-order valence-corrected chi connectivity index (χ2v) is 12.5. The fourth-order valence-corrected chi connectivity index (χ4v) is 10.5. The maximum Gasteiger partial charge on any atom is 0.234 e. The Morgan fingerprint density at radius 2 is 1.82 bits per heavy atom. The highest BCUT2D eigenvalue weighted by atomic mass is 28.3. The van der Waals surface area contributed by atoms with Crippen LogP contribution in [0.15, 0.2) is 24.5 Å². The molecule has 3 nitrogen and oxygen atoms in total. The molecule has 0 saturated carbocycles. The van der Waals surface area contributed by atoms with Crippen molar-refractivity contribution < 1.29 is 0 Å². The van der Waals surface area contributed by atoms with E-state index in [1.165, 1.54) is 0 Å². The van der Waals surface area contributed by atoms with Crippen molar-refractivity contribution in [2.75, 3.05) is 6.54 Å². The van der Waals surface area contributed by atoms with Gasteiger partial charge >= 0.3 is 0 Å². The molecule has 1 rings (SSSR count). The predicted octanol–water partition coefficient (Wildman–Crippen LogP) is 5.34. The Kier molecular flexibility index (Phi) is 6.20. The average Bonchev–Trinajstić information content (AvgIpc) is 2.89. The molecule has 22 heavy (non-hydrogen) atoms. The van der Waals surface area contributed by atoms with Crippen LogP contribution < -0.4 is 0 Å². The van der Waals surface area contributed by atoms with Crippen molar-refractivity contribution in [2.24, 2.45) is 0 Å². The number of hydrogen-bond acceptors (Lipinski definition) is 1. The van der Waals surface area contributed by atoms with Crippen LogP contribution in [0.25, 0.3) is 10.4 Å². The lowest BCUT2D eigenvalue weighted by molar-refractivity contribution is 0.765. The minimum Gasteiger partial charge on any atom is -0.379 e. The molecule has 4 heteroatoms. The van der Waals surface area contributed by atoms with Gasteiger partial charge in [0.2, 0.25) is 6.54 Å². The summed E-state index contributed by atoms with van der Waals surface area (Å²) < 4.78 is 2.42. The van der Waals surface area contributed by atoms with Crippen molar-refractivity contribution in [3.05, 3.63) is 41.5 Å². The van der Waals surface area contributed by atoms with Crippen molar-refractivity contribution in [3.63, 3.8) is 0 Å². The van der Waals surface area contributed by atoms with Gasteiger partial charge in [-0.15, -0.1) is 0 Å². The maximum atomic E-state index is 9.33. The molecule has 0 radical (unpaired) electrons. The van der Waals surface area contributed by atoms with Crippen molar-refractivity contribution in [2.45, 2.75) is 58.2 Å². The fourth-order valence-electron chi connectivity index (χ4n) is 4.06. The van der Waals surface area contributed by atoms with E-state index < -0.39 is 8.24 Å². The second kappa shape index (κ2) is 7.47. The van der Waals surface area contributed by atoms with Crippen LogP contribution >= 0.6 is 0 Å². The molecule has 0 N–H and O–H groups in total. The molecule has 1 heterocycles. The number of aromatic nitrogens is 1. The normalized spacial score (nSPS) is 12.8. The van der Waals surface area contributed by atoms with Crippen molar-refractivity contribution in [1.29, 1.82) is 5.26 Å². The third-order valence-electron chi connectivity index (χ3n) is 4.73. The van der Waals surface area contributed by atoms with E-state index in [2.05, 4.69) is 69.1 Å². The molecule has 0 bridgehead atoms. The summed E-state index contributed by atoms with van der Waals surface area (Å²) in [5.74, 6) is 0. The Labute approximate surface area is 136 Å². The molecule has 0 aliphatic rings.